The molecule has 1 rings (SSSR count). The van der Waals surface area contributed by atoms with Crippen molar-refractivity contribution in [2.24, 2.45) is 5.92 Å². The largest absolute Gasteiger partial charge is 0.314 e. The Morgan fingerprint density at radius 2 is 2.19 bits per heavy atom. The minimum absolute atomic E-state index is 0.590. The molecule has 0 bridgehead atoms. The molecule has 0 fully saturated rings. The van der Waals surface area contributed by atoms with Crippen LogP contribution in [0.3, 0.4) is 0 Å². The molecule has 0 aliphatic carbocycles. The predicted molar refractivity (Wildman–Crippen MR) is 72.1 cm³/mol. The molecule has 1 aromatic rings. The highest BCUT2D eigenvalue weighted by Gasteiger charge is 2.16. The molecule has 2 unspecified atom stereocenters. The first-order valence-electron chi connectivity index (χ1n) is 6.31. The lowest BCUT2D eigenvalue weighted by Crippen LogP contribution is -2.34. The van der Waals surface area contributed by atoms with Crippen molar-refractivity contribution < 1.29 is 0 Å². The van der Waals surface area contributed by atoms with E-state index in [-0.39, 0.29) is 0 Å². The van der Waals surface area contributed by atoms with Gasteiger partial charge in [0.1, 0.15) is 0 Å². The van der Waals surface area contributed by atoms with Crippen LogP contribution in [0.4, 0.5) is 0 Å². The summed E-state index contributed by atoms with van der Waals surface area (Å²) in [7, 11) is 0. The zero-order valence-corrected chi connectivity index (χ0v) is 11.7. The van der Waals surface area contributed by atoms with E-state index >= 15 is 0 Å². The van der Waals surface area contributed by atoms with Crippen LogP contribution in [0.1, 0.15) is 44.3 Å². The lowest BCUT2D eigenvalue weighted by molar-refractivity contribution is 0.360. The van der Waals surface area contributed by atoms with Crippen LogP contribution in [0.25, 0.3) is 0 Å². The number of hydrogen-bond acceptors (Lipinski definition) is 3. The lowest BCUT2D eigenvalue weighted by atomic mass is 9.93. The molecule has 1 aromatic heterocycles. The molecule has 0 amide bonds. The summed E-state index contributed by atoms with van der Waals surface area (Å²) in [5.41, 5.74) is 1.26. The van der Waals surface area contributed by atoms with Crippen LogP contribution in [0.15, 0.2) is 5.38 Å². The maximum Gasteiger partial charge on any atom is 0.0897 e. The second kappa shape index (κ2) is 7.02. The molecule has 1 N–H and O–H groups in total. The van der Waals surface area contributed by atoms with Crippen LogP contribution in [0, 0.1) is 12.8 Å². The van der Waals surface area contributed by atoms with Gasteiger partial charge in [-0.1, -0.05) is 20.3 Å². The van der Waals surface area contributed by atoms with E-state index in [4.69, 9.17) is 0 Å². The predicted octanol–water partition coefficient (Wildman–Crippen LogP) is 3.41. The molecule has 2 atom stereocenters. The van der Waals surface area contributed by atoms with Crippen molar-refractivity contribution in [2.45, 2.75) is 53.0 Å². The van der Waals surface area contributed by atoms with Gasteiger partial charge in [-0.25, -0.2) is 4.98 Å². The van der Waals surface area contributed by atoms with E-state index in [2.05, 4.69) is 43.4 Å². The summed E-state index contributed by atoms with van der Waals surface area (Å²) in [5, 5.41) is 6.96. The molecule has 0 spiro atoms. The number of nitrogens with one attached hydrogen (secondary N) is 1. The summed E-state index contributed by atoms with van der Waals surface area (Å²) >= 11 is 1.75. The van der Waals surface area contributed by atoms with Gasteiger partial charge in [0.05, 0.1) is 10.7 Å². The zero-order valence-electron chi connectivity index (χ0n) is 10.9. The molecule has 1 heterocycles. The molecule has 0 aliphatic heterocycles. The van der Waals surface area contributed by atoms with Gasteiger partial charge in [-0.2, -0.15) is 0 Å². The molecular weight excluding hydrogens is 216 g/mol. The Hall–Kier alpha value is -0.410. The standard InChI is InChI=1S/C13H24N2S/c1-5-7-14-10(3)12(6-2)8-13-9-16-11(4)15-13/h9-10,12,14H,5-8H2,1-4H3. The zero-order chi connectivity index (χ0) is 12.0. The van der Waals surface area contributed by atoms with Gasteiger partial charge in [-0.05, 0) is 39.2 Å². The summed E-state index contributed by atoms with van der Waals surface area (Å²) in [6.07, 6.45) is 3.53. The second-order valence-corrected chi connectivity index (χ2v) is 5.54. The molecule has 0 radical (unpaired) electrons. The Bertz CT molecular complexity index is 296. The van der Waals surface area contributed by atoms with Gasteiger partial charge in [0.2, 0.25) is 0 Å². The van der Waals surface area contributed by atoms with Gasteiger partial charge < -0.3 is 5.32 Å². The summed E-state index contributed by atoms with van der Waals surface area (Å²) in [6, 6.07) is 0.590. The van der Waals surface area contributed by atoms with E-state index in [1.807, 2.05) is 0 Å². The molecule has 0 aromatic carbocycles. The van der Waals surface area contributed by atoms with E-state index in [9.17, 15) is 0 Å². The fourth-order valence-electron chi connectivity index (χ4n) is 1.98. The second-order valence-electron chi connectivity index (χ2n) is 4.47. The Balaban J connectivity index is 2.47. The normalized spacial score (nSPS) is 15.0. The van der Waals surface area contributed by atoms with Crippen molar-refractivity contribution in [3.63, 3.8) is 0 Å². The van der Waals surface area contributed by atoms with Crippen LogP contribution in [-0.2, 0) is 6.42 Å². The van der Waals surface area contributed by atoms with Gasteiger partial charge in [-0.3, -0.25) is 0 Å². The minimum atomic E-state index is 0.590. The summed E-state index contributed by atoms with van der Waals surface area (Å²) in [6.45, 7) is 9.98. The SMILES string of the molecule is CCCNC(C)C(CC)Cc1csc(C)n1. The first kappa shape index (κ1) is 13.7. The summed E-state index contributed by atoms with van der Waals surface area (Å²) in [4.78, 5) is 4.55. The Labute approximate surface area is 103 Å². The maximum atomic E-state index is 4.55. The smallest absolute Gasteiger partial charge is 0.0897 e. The quantitative estimate of drug-likeness (QED) is 0.790. The number of aromatic nitrogens is 1. The van der Waals surface area contributed by atoms with Crippen molar-refractivity contribution in [1.29, 1.82) is 0 Å². The average Bonchev–Trinajstić information content (AvgIpc) is 2.68. The van der Waals surface area contributed by atoms with E-state index in [0.29, 0.717) is 12.0 Å². The number of nitrogens with zero attached hydrogens (tertiary/aromatic N) is 1. The molecular formula is C13H24N2S. The number of aryl methyl sites for hydroxylation is 1. The summed E-state index contributed by atoms with van der Waals surface area (Å²) in [5.74, 6) is 0.702. The van der Waals surface area contributed by atoms with Gasteiger partial charge in [-0.15, -0.1) is 11.3 Å². The van der Waals surface area contributed by atoms with E-state index in [1.165, 1.54) is 23.5 Å². The van der Waals surface area contributed by atoms with Crippen LogP contribution in [0.5, 0.6) is 0 Å². The van der Waals surface area contributed by atoms with Crippen molar-refractivity contribution in [3.8, 4) is 0 Å². The van der Waals surface area contributed by atoms with Crippen LogP contribution >= 0.6 is 11.3 Å². The first-order valence-corrected chi connectivity index (χ1v) is 7.19. The number of rotatable bonds is 7. The highest BCUT2D eigenvalue weighted by Crippen LogP contribution is 2.17. The molecule has 0 aliphatic rings. The van der Waals surface area contributed by atoms with Crippen molar-refractivity contribution in [3.05, 3.63) is 16.1 Å². The number of thiazole rings is 1. The van der Waals surface area contributed by atoms with Crippen LogP contribution < -0.4 is 5.32 Å². The topological polar surface area (TPSA) is 24.9 Å². The Morgan fingerprint density at radius 1 is 1.44 bits per heavy atom. The van der Waals surface area contributed by atoms with Crippen LogP contribution in [0.2, 0.25) is 0 Å². The van der Waals surface area contributed by atoms with Gasteiger partial charge >= 0.3 is 0 Å². The third-order valence-electron chi connectivity index (χ3n) is 3.09. The highest BCUT2D eigenvalue weighted by molar-refractivity contribution is 7.09. The monoisotopic (exact) mass is 240 g/mol. The average molecular weight is 240 g/mol. The van der Waals surface area contributed by atoms with Crippen molar-refractivity contribution in [2.75, 3.05) is 6.54 Å². The third-order valence-corrected chi connectivity index (χ3v) is 3.91. The van der Waals surface area contributed by atoms with E-state index < -0.39 is 0 Å². The molecule has 92 valence electrons. The maximum absolute atomic E-state index is 4.55. The third kappa shape index (κ3) is 4.22. The molecule has 0 saturated heterocycles. The van der Waals surface area contributed by atoms with Gasteiger partial charge in [0.15, 0.2) is 0 Å². The minimum Gasteiger partial charge on any atom is -0.314 e. The van der Waals surface area contributed by atoms with Crippen LogP contribution in [-0.4, -0.2) is 17.6 Å². The molecule has 3 heteroatoms. The lowest BCUT2D eigenvalue weighted by Gasteiger charge is -2.23. The molecule has 0 saturated carbocycles. The van der Waals surface area contributed by atoms with Gasteiger partial charge in [0, 0.05) is 11.4 Å². The summed E-state index contributed by atoms with van der Waals surface area (Å²) < 4.78 is 0. The molecule has 2 nitrogen and oxygen atoms in total. The highest BCUT2D eigenvalue weighted by atomic mass is 32.1. The number of hydrogen-bond donors (Lipinski definition) is 1. The molecule has 16 heavy (non-hydrogen) atoms. The first-order chi connectivity index (χ1) is 7.67. The Morgan fingerprint density at radius 3 is 2.69 bits per heavy atom. The van der Waals surface area contributed by atoms with Crippen molar-refractivity contribution in [1.82, 2.24) is 10.3 Å². The van der Waals surface area contributed by atoms with E-state index in [1.54, 1.807) is 11.3 Å². The fourth-order valence-corrected chi connectivity index (χ4v) is 2.61. The van der Waals surface area contributed by atoms with Crippen molar-refractivity contribution >= 4 is 11.3 Å². The Kier molecular flexibility index (Phi) is 5.99. The van der Waals surface area contributed by atoms with Gasteiger partial charge in [0.25, 0.3) is 0 Å². The van der Waals surface area contributed by atoms with E-state index in [0.717, 1.165) is 13.0 Å². The fraction of sp³-hybridized carbons (Fsp3) is 0.769.